The van der Waals surface area contributed by atoms with Crippen LogP contribution in [0, 0.1) is 19.7 Å². The smallest absolute Gasteiger partial charge is 0.290 e. The van der Waals surface area contributed by atoms with Crippen molar-refractivity contribution >= 4 is 11.3 Å². The van der Waals surface area contributed by atoms with E-state index < -0.39 is 0 Å². The lowest BCUT2D eigenvalue weighted by Crippen LogP contribution is -2.26. The van der Waals surface area contributed by atoms with Gasteiger partial charge in [0.25, 0.3) is 0 Å². The van der Waals surface area contributed by atoms with Crippen LogP contribution in [-0.4, -0.2) is 14.5 Å². The third kappa shape index (κ3) is 2.82. The van der Waals surface area contributed by atoms with E-state index in [-0.39, 0.29) is 11.5 Å². The van der Waals surface area contributed by atoms with Gasteiger partial charge in [-0.2, -0.15) is 4.98 Å². The molecule has 6 heteroatoms. The molecule has 0 aliphatic carbocycles. The Morgan fingerprint density at radius 2 is 2.00 bits per heavy atom. The van der Waals surface area contributed by atoms with Crippen molar-refractivity contribution in [2.24, 2.45) is 0 Å². The third-order valence-corrected chi connectivity index (χ3v) is 4.17. The van der Waals surface area contributed by atoms with E-state index in [0.717, 1.165) is 10.7 Å². The zero-order valence-corrected chi connectivity index (χ0v) is 13.0. The molecule has 22 heavy (non-hydrogen) atoms. The van der Waals surface area contributed by atoms with E-state index >= 15 is 0 Å². The Morgan fingerprint density at radius 3 is 2.73 bits per heavy atom. The summed E-state index contributed by atoms with van der Waals surface area (Å²) in [5.41, 5.74) is 2.30. The van der Waals surface area contributed by atoms with Crippen LogP contribution in [0.1, 0.15) is 16.4 Å². The van der Waals surface area contributed by atoms with Gasteiger partial charge in [0.05, 0.1) is 12.2 Å². The number of aromatic nitrogens is 3. The molecule has 0 atom stereocenters. The second-order valence-electron chi connectivity index (χ2n) is 5.01. The Kier molecular flexibility index (Phi) is 3.85. The van der Waals surface area contributed by atoms with Crippen LogP contribution < -0.4 is 5.69 Å². The summed E-state index contributed by atoms with van der Waals surface area (Å²) in [7, 11) is 0. The fourth-order valence-corrected chi connectivity index (χ4v) is 3.06. The Hall–Kier alpha value is -2.34. The average Bonchev–Trinajstić information content (AvgIpc) is 2.92. The van der Waals surface area contributed by atoms with E-state index in [1.54, 1.807) is 35.1 Å². The van der Waals surface area contributed by atoms with Gasteiger partial charge in [0.15, 0.2) is 0 Å². The molecule has 0 N–H and O–H groups in total. The molecule has 0 saturated carbocycles. The maximum absolute atomic E-state index is 13.8. The molecule has 0 saturated heterocycles. The summed E-state index contributed by atoms with van der Waals surface area (Å²) in [6.45, 7) is 4.00. The zero-order chi connectivity index (χ0) is 15.7. The highest BCUT2D eigenvalue weighted by atomic mass is 32.1. The summed E-state index contributed by atoms with van der Waals surface area (Å²) in [6, 6.07) is 8.38. The number of thiazole rings is 1. The molecule has 3 aromatic rings. The first-order valence-corrected chi connectivity index (χ1v) is 7.67. The summed E-state index contributed by atoms with van der Waals surface area (Å²) in [5, 5.41) is 2.55. The van der Waals surface area contributed by atoms with E-state index in [4.69, 9.17) is 0 Å². The van der Waals surface area contributed by atoms with Crippen molar-refractivity contribution in [3.8, 4) is 11.3 Å². The molecule has 3 rings (SSSR count). The molecule has 1 aromatic carbocycles. The molecule has 0 amide bonds. The number of halogens is 1. The minimum atomic E-state index is -0.301. The van der Waals surface area contributed by atoms with E-state index in [2.05, 4.69) is 9.97 Å². The maximum Gasteiger partial charge on any atom is 0.348 e. The summed E-state index contributed by atoms with van der Waals surface area (Å²) >= 11 is 1.40. The monoisotopic (exact) mass is 315 g/mol. The molecule has 112 valence electrons. The lowest BCUT2D eigenvalue weighted by atomic mass is 10.2. The lowest BCUT2D eigenvalue weighted by Gasteiger charge is -2.07. The van der Waals surface area contributed by atoms with Crippen molar-refractivity contribution in [3.63, 3.8) is 0 Å². The summed E-state index contributed by atoms with van der Waals surface area (Å²) in [5.74, 6) is -0.301. The Labute approximate surface area is 130 Å². The van der Waals surface area contributed by atoms with Crippen molar-refractivity contribution in [3.05, 3.63) is 68.4 Å². The SMILES string of the molecule is Cc1cc(C)n(Cc2nc(-c3ccccc3F)cs2)c(=O)n1. The highest BCUT2D eigenvalue weighted by Crippen LogP contribution is 2.24. The van der Waals surface area contributed by atoms with Gasteiger partial charge in [0.1, 0.15) is 10.8 Å². The van der Waals surface area contributed by atoms with Gasteiger partial charge in [-0.3, -0.25) is 4.57 Å². The van der Waals surface area contributed by atoms with Crippen LogP contribution in [0.4, 0.5) is 4.39 Å². The largest absolute Gasteiger partial charge is 0.348 e. The molecule has 0 spiro atoms. The van der Waals surface area contributed by atoms with E-state index in [1.807, 2.05) is 13.0 Å². The second-order valence-corrected chi connectivity index (χ2v) is 5.96. The quantitative estimate of drug-likeness (QED) is 0.746. The Balaban J connectivity index is 1.93. The van der Waals surface area contributed by atoms with Crippen LogP contribution in [0.25, 0.3) is 11.3 Å². The van der Waals surface area contributed by atoms with Gasteiger partial charge < -0.3 is 0 Å². The van der Waals surface area contributed by atoms with Crippen LogP contribution >= 0.6 is 11.3 Å². The second kappa shape index (κ2) is 5.81. The standard InChI is InChI=1S/C16H14FN3OS/c1-10-7-11(2)20(16(21)18-10)8-15-19-14(9-22-15)12-5-3-4-6-13(12)17/h3-7,9H,8H2,1-2H3. The predicted octanol–water partition coefficient (Wildman–Crippen LogP) is 3.17. The molecule has 0 fully saturated rings. The van der Waals surface area contributed by atoms with E-state index in [0.29, 0.717) is 23.5 Å². The molecular formula is C16H14FN3OS. The molecular weight excluding hydrogens is 301 g/mol. The van der Waals surface area contributed by atoms with Crippen LogP contribution in [0.15, 0.2) is 40.5 Å². The van der Waals surface area contributed by atoms with Crippen molar-refractivity contribution in [2.75, 3.05) is 0 Å². The topological polar surface area (TPSA) is 47.8 Å². The molecule has 2 heterocycles. The number of rotatable bonds is 3. The summed E-state index contributed by atoms with van der Waals surface area (Å²) < 4.78 is 15.3. The first-order valence-electron chi connectivity index (χ1n) is 6.79. The van der Waals surface area contributed by atoms with Gasteiger partial charge in [-0.1, -0.05) is 12.1 Å². The van der Waals surface area contributed by atoms with Gasteiger partial charge in [-0.25, -0.2) is 14.2 Å². The van der Waals surface area contributed by atoms with Gasteiger partial charge in [-0.05, 0) is 32.0 Å². The van der Waals surface area contributed by atoms with Crippen LogP contribution in [0.2, 0.25) is 0 Å². The number of benzene rings is 1. The third-order valence-electron chi connectivity index (χ3n) is 3.34. The number of hydrogen-bond donors (Lipinski definition) is 0. The normalized spacial score (nSPS) is 10.9. The molecule has 0 radical (unpaired) electrons. The lowest BCUT2D eigenvalue weighted by molar-refractivity contribution is 0.630. The average molecular weight is 315 g/mol. The fraction of sp³-hybridized carbons (Fsp3) is 0.188. The van der Waals surface area contributed by atoms with Crippen LogP contribution in [0.3, 0.4) is 0 Å². The zero-order valence-electron chi connectivity index (χ0n) is 12.2. The first-order chi connectivity index (χ1) is 10.5. The predicted molar refractivity (Wildman–Crippen MR) is 84.6 cm³/mol. The first kappa shape index (κ1) is 14.6. The van der Waals surface area contributed by atoms with Gasteiger partial charge in [0.2, 0.25) is 0 Å². The molecule has 0 aliphatic heterocycles. The maximum atomic E-state index is 13.8. The van der Waals surface area contributed by atoms with Crippen molar-refractivity contribution in [1.82, 2.24) is 14.5 Å². The van der Waals surface area contributed by atoms with Crippen LogP contribution in [-0.2, 0) is 6.54 Å². The van der Waals surface area contributed by atoms with E-state index in [1.165, 1.54) is 17.4 Å². The van der Waals surface area contributed by atoms with Crippen molar-refractivity contribution in [2.45, 2.75) is 20.4 Å². The Bertz CT molecular complexity index is 885. The molecule has 4 nitrogen and oxygen atoms in total. The molecule has 0 bridgehead atoms. The van der Waals surface area contributed by atoms with E-state index in [9.17, 15) is 9.18 Å². The fourth-order valence-electron chi connectivity index (χ4n) is 2.28. The molecule has 2 aromatic heterocycles. The van der Waals surface area contributed by atoms with Crippen molar-refractivity contribution in [1.29, 1.82) is 0 Å². The minimum Gasteiger partial charge on any atom is -0.290 e. The van der Waals surface area contributed by atoms with Gasteiger partial charge in [-0.15, -0.1) is 11.3 Å². The minimum absolute atomic E-state index is 0.292. The van der Waals surface area contributed by atoms with Gasteiger partial charge in [0, 0.05) is 22.3 Å². The number of hydrogen-bond acceptors (Lipinski definition) is 4. The van der Waals surface area contributed by atoms with Crippen LogP contribution in [0.5, 0.6) is 0 Å². The molecule has 0 unspecified atom stereocenters. The molecule has 0 aliphatic rings. The van der Waals surface area contributed by atoms with Gasteiger partial charge >= 0.3 is 5.69 Å². The number of aryl methyl sites for hydroxylation is 2. The summed E-state index contributed by atoms with van der Waals surface area (Å²) in [6.07, 6.45) is 0. The Morgan fingerprint density at radius 1 is 1.23 bits per heavy atom. The van der Waals surface area contributed by atoms with Crippen molar-refractivity contribution < 1.29 is 4.39 Å². The summed E-state index contributed by atoms with van der Waals surface area (Å²) in [4.78, 5) is 20.3. The highest BCUT2D eigenvalue weighted by molar-refractivity contribution is 7.09. The highest BCUT2D eigenvalue weighted by Gasteiger charge is 2.11. The number of nitrogens with zero attached hydrogens (tertiary/aromatic N) is 3.